The molecule has 12 heteroatoms. The van der Waals surface area contributed by atoms with Gasteiger partial charge in [-0.3, -0.25) is 4.79 Å². The predicted octanol–water partition coefficient (Wildman–Crippen LogP) is 4.81. The summed E-state index contributed by atoms with van der Waals surface area (Å²) in [5.74, 6) is 2.02. The predicted molar refractivity (Wildman–Crippen MR) is 189 cm³/mol. The largest absolute Gasteiger partial charge is 0.481 e. The minimum atomic E-state index is -1.13. The van der Waals surface area contributed by atoms with Gasteiger partial charge in [0.1, 0.15) is 17.2 Å². The van der Waals surface area contributed by atoms with Gasteiger partial charge in [0.2, 0.25) is 5.91 Å². The number of rotatable bonds is 4. The molecule has 1 spiro atoms. The first-order valence-corrected chi connectivity index (χ1v) is 18.8. The fourth-order valence-electron chi connectivity index (χ4n) is 7.72. The third-order valence-corrected chi connectivity index (χ3v) is 12.9. The molecular weight excluding hydrogens is 649 g/mol. The molecule has 1 aromatic carbocycles. The number of anilines is 1. The SMILES string of the molecule is CC=C(C)C(=O)OC1(C)CC=C2CSSCC3C(CNC)CN3C(=O)Cc3cnc(N)cc3C2C12Cc1cc3ccc(=O)oc3cc1O2. The van der Waals surface area contributed by atoms with Gasteiger partial charge in [0.05, 0.1) is 12.3 Å². The molecule has 3 N–H and O–H groups in total. The Kier molecular flexibility index (Phi) is 8.62. The number of allylic oxidation sites excluding steroid dienone is 1. The van der Waals surface area contributed by atoms with Crippen LogP contribution in [-0.2, 0) is 27.2 Å². The van der Waals surface area contributed by atoms with Gasteiger partial charge in [0.15, 0.2) is 11.2 Å². The fourth-order valence-corrected chi connectivity index (χ4v) is 10.3. The number of nitrogen functional groups attached to an aromatic ring is 1. The monoisotopic (exact) mass is 688 g/mol. The van der Waals surface area contributed by atoms with E-state index in [9.17, 15) is 14.4 Å². The zero-order valence-corrected chi connectivity index (χ0v) is 29.2. The van der Waals surface area contributed by atoms with Crippen molar-refractivity contribution in [1.29, 1.82) is 0 Å². The van der Waals surface area contributed by atoms with Gasteiger partial charge in [0, 0.05) is 78.7 Å². The van der Waals surface area contributed by atoms with Gasteiger partial charge in [-0.2, -0.15) is 0 Å². The number of pyridine rings is 1. The van der Waals surface area contributed by atoms with E-state index in [-0.39, 0.29) is 18.4 Å². The van der Waals surface area contributed by atoms with E-state index < -0.39 is 28.7 Å². The minimum absolute atomic E-state index is 0.0524. The summed E-state index contributed by atoms with van der Waals surface area (Å²) in [4.78, 5) is 46.1. The third-order valence-electron chi connectivity index (χ3n) is 10.5. The lowest BCUT2D eigenvalue weighted by Crippen LogP contribution is -2.64. The lowest BCUT2D eigenvalue weighted by molar-refractivity contribution is -0.183. The molecule has 3 aliphatic heterocycles. The van der Waals surface area contributed by atoms with E-state index in [4.69, 9.17) is 19.6 Å². The summed E-state index contributed by atoms with van der Waals surface area (Å²) in [5, 5.41) is 4.05. The van der Waals surface area contributed by atoms with Crippen LogP contribution in [0, 0.1) is 5.92 Å². The van der Waals surface area contributed by atoms with Crippen LogP contribution < -0.4 is 21.4 Å². The molecule has 3 aromatic rings. The maximum atomic E-state index is 14.0. The Hall–Kier alpha value is -3.74. The van der Waals surface area contributed by atoms with Crippen molar-refractivity contribution in [2.75, 3.05) is 37.4 Å². The van der Waals surface area contributed by atoms with E-state index >= 15 is 0 Å². The zero-order chi connectivity index (χ0) is 33.8. The van der Waals surface area contributed by atoms with E-state index in [0.29, 0.717) is 53.8 Å². The highest BCUT2D eigenvalue weighted by molar-refractivity contribution is 8.76. The van der Waals surface area contributed by atoms with Gasteiger partial charge in [-0.05, 0) is 62.7 Å². The Labute approximate surface area is 287 Å². The van der Waals surface area contributed by atoms with Crippen LogP contribution >= 0.6 is 21.6 Å². The highest BCUT2D eigenvalue weighted by atomic mass is 33.1. The molecule has 1 fully saturated rings. The Morgan fingerprint density at radius 3 is 2.85 bits per heavy atom. The lowest BCUT2D eigenvalue weighted by atomic mass is 9.61. The van der Waals surface area contributed by atoms with E-state index in [2.05, 4.69) is 16.4 Å². The van der Waals surface area contributed by atoms with Crippen molar-refractivity contribution in [2.45, 2.75) is 63.2 Å². The first-order chi connectivity index (χ1) is 23.1. The summed E-state index contributed by atoms with van der Waals surface area (Å²) < 4.78 is 19.2. The van der Waals surface area contributed by atoms with Crippen LogP contribution in [-0.4, -0.2) is 70.6 Å². The summed E-state index contributed by atoms with van der Waals surface area (Å²) in [6.45, 7) is 7.06. The topological polar surface area (TPSA) is 137 Å². The second-order valence-electron chi connectivity index (χ2n) is 13.4. The van der Waals surface area contributed by atoms with Crippen molar-refractivity contribution in [3.63, 3.8) is 0 Å². The second kappa shape index (κ2) is 12.6. The van der Waals surface area contributed by atoms with Crippen LogP contribution in [0.5, 0.6) is 5.75 Å². The summed E-state index contributed by atoms with van der Waals surface area (Å²) >= 11 is 0. The van der Waals surface area contributed by atoms with E-state index in [0.717, 1.165) is 39.9 Å². The molecule has 2 aromatic heterocycles. The highest BCUT2D eigenvalue weighted by Gasteiger charge is 2.64. The van der Waals surface area contributed by atoms with E-state index in [1.807, 2.05) is 37.9 Å². The molecular formula is C36H40N4O6S2. The molecule has 0 radical (unpaired) electrons. The number of hydrogen-bond donors (Lipinski definition) is 2. The summed E-state index contributed by atoms with van der Waals surface area (Å²) in [5.41, 5.74) is 8.25. The minimum Gasteiger partial charge on any atom is -0.481 e. The number of benzene rings is 1. The Balaban J connectivity index is 1.39. The summed E-state index contributed by atoms with van der Waals surface area (Å²) in [6.07, 6.45) is 6.63. The van der Waals surface area contributed by atoms with Crippen molar-refractivity contribution < 1.29 is 23.5 Å². The van der Waals surface area contributed by atoms with E-state index in [1.54, 1.807) is 52.9 Å². The molecule has 48 heavy (non-hydrogen) atoms. The van der Waals surface area contributed by atoms with Gasteiger partial charge in [-0.15, -0.1) is 0 Å². The molecule has 1 saturated heterocycles. The number of nitrogens with zero attached hydrogens (tertiary/aromatic N) is 2. The van der Waals surface area contributed by atoms with E-state index in [1.165, 1.54) is 6.07 Å². The fraction of sp³-hybridized carbons (Fsp3) is 0.444. The number of amides is 1. The maximum Gasteiger partial charge on any atom is 0.336 e. The molecule has 5 heterocycles. The number of fused-ring (bicyclic) bond motifs is 7. The number of esters is 1. The number of nitrogens with one attached hydrogen (secondary N) is 1. The van der Waals surface area contributed by atoms with Crippen molar-refractivity contribution in [2.24, 2.45) is 5.92 Å². The van der Waals surface area contributed by atoms with Crippen LogP contribution in [0.15, 0.2) is 69.0 Å². The number of hydrogen-bond acceptors (Lipinski definition) is 11. The molecule has 0 bridgehead atoms. The average Bonchev–Trinajstić information content (AvgIpc) is 3.42. The first kappa shape index (κ1) is 32.8. The number of nitrogens with two attached hydrogens (primary N) is 1. The van der Waals surface area contributed by atoms with Gasteiger partial charge in [-0.1, -0.05) is 39.3 Å². The standard InChI is InChI=1S/C36H40N4O6S2/c1-5-20(2)34(43)46-35(3)9-8-22-18-47-48-19-27-25(15-38-4)17-40(27)31(41)11-24-16-39-30(37)12-26(24)33(22)36(35)14-23-10-21-6-7-32(42)44-28(21)13-29(23)45-36/h5-8,10,12-13,16,25,27,33,38H,9,11,14-15,17-19H2,1-4H3,(H2,37,39). The molecule has 0 saturated carbocycles. The lowest BCUT2D eigenvalue weighted by Gasteiger charge is -2.52. The van der Waals surface area contributed by atoms with Crippen molar-refractivity contribution in [3.05, 3.63) is 86.9 Å². The summed E-state index contributed by atoms with van der Waals surface area (Å²) in [6, 6.07) is 8.91. The smallest absolute Gasteiger partial charge is 0.336 e. The highest BCUT2D eigenvalue weighted by Crippen LogP contribution is 2.58. The molecule has 5 unspecified atom stereocenters. The quantitative estimate of drug-likeness (QED) is 0.129. The number of carbonyl (C=O) groups excluding carboxylic acids is 2. The molecule has 1 amide bonds. The number of carbonyl (C=O) groups is 2. The first-order valence-electron chi connectivity index (χ1n) is 16.3. The molecule has 4 aliphatic rings. The molecule has 252 valence electrons. The Morgan fingerprint density at radius 1 is 1.23 bits per heavy atom. The third kappa shape index (κ3) is 5.51. The Morgan fingerprint density at radius 2 is 2.06 bits per heavy atom. The van der Waals surface area contributed by atoms with Crippen LogP contribution in [0.4, 0.5) is 5.82 Å². The van der Waals surface area contributed by atoms with Crippen molar-refractivity contribution >= 4 is 50.3 Å². The van der Waals surface area contributed by atoms with Crippen LogP contribution in [0.3, 0.4) is 0 Å². The van der Waals surface area contributed by atoms with Gasteiger partial charge < -0.3 is 29.8 Å². The number of ether oxygens (including phenoxy) is 2. The van der Waals surface area contributed by atoms with Crippen molar-refractivity contribution in [1.82, 2.24) is 15.2 Å². The molecule has 10 nitrogen and oxygen atoms in total. The van der Waals surface area contributed by atoms with Crippen LogP contribution in [0.1, 0.15) is 49.8 Å². The maximum absolute atomic E-state index is 14.0. The van der Waals surface area contributed by atoms with Gasteiger partial charge in [0.25, 0.3) is 0 Å². The zero-order valence-electron chi connectivity index (χ0n) is 27.5. The van der Waals surface area contributed by atoms with Crippen LogP contribution in [0.25, 0.3) is 11.0 Å². The molecule has 5 atom stereocenters. The number of aromatic nitrogens is 1. The van der Waals surface area contributed by atoms with Crippen LogP contribution in [0.2, 0.25) is 0 Å². The molecule has 7 rings (SSSR count). The second-order valence-corrected chi connectivity index (χ2v) is 15.9. The average molecular weight is 689 g/mol. The van der Waals surface area contributed by atoms with Crippen molar-refractivity contribution in [3.8, 4) is 5.75 Å². The van der Waals surface area contributed by atoms with Gasteiger partial charge >= 0.3 is 11.6 Å². The molecule has 1 aliphatic carbocycles. The summed E-state index contributed by atoms with van der Waals surface area (Å²) in [7, 11) is 5.50. The Bertz CT molecular complexity index is 1930. The normalized spacial score (nSPS) is 28.5. The van der Waals surface area contributed by atoms with Gasteiger partial charge in [-0.25, -0.2) is 14.6 Å².